The number of benzene rings is 1. The zero-order valence-electron chi connectivity index (χ0n) is 14.1. The van der Waals surface area contributed by atoms with Gasteiger partial charge in [-0.2, -0.15) is 0 Å². The van der Waals surface area contributed by atoms with Crippen LogP contribution in [-0.4, -0.2) is 31.2 Å². The van der Waals surface area contributed by atoms with E-state index >= 15 is 0 Å². The largest absolute Gasteiger partial charge is 0.365 e. The van der Waals surface area contributed by atoms with Crippen LogP contribution in [0.5, 0.6) is 0 Å². The van der Waals surface area contributed by atoms with Crippen molar-refractivity contribution in [3.05, 3.63) is 58.3 Å². The number of pyridine rings is 2. The van der Waals surface area contributed by atoms with Gasteiger partial charge in [-0.1, -0.05) is 12.1 Å². The van der Waals surface area contributed by atoms with E-state index < -0.39 is 10.0 Å². The number of fused-ring (bicyclic) bond motifs is 2. The third-order valence-electron chi connectivity index (χ3n) is 4.42. The summed E-state index contributed by atoms with van der Waals surface area (Å²) in [6.45, 7) is 1.48. The van der Waals surface area contributed by atoms with Crippen LogP contribution in [0.3, 0.4) is 0 Å². The molecule has 0 fully saturated rings. The van der Waals surface area contributed by atoms with E-state index in [1.807, 2.05) is 30.3 Å². The minimum absolute atomic E-state index is 0.672. The summed E-state index contributed by atoms with van der Waals surface area (Å²) in [6.07, 6.45) is 5.51. The van der Waals surface area contributed by atoms with Gasteiger partial charge in [0.1, 0.15) is 5.52 Å². The molecule has 1 aliphatic rings. The van der Waals surface area contributed by atoms with Crippen LogP contribution in [-0.2, 0) is 23.0 Å². The molecule has 0 atom stereocenters. The van der Waals surface area contributed by atoms with E-state index in [1.54, 1.807) is 12.4 Å². The Morgan fingerprint density at radius 1 is 1.23 bits per heavy atom. The lowest BCUT2D eigenvalue weighted by molar-refractivity contribution is 0.606. The first-order valence-electron chi connectivity index (χ1n) is 8.14. The molecule has 0 spiro atoms. The molecule has 1 aliphatic heterocycles. The van der Waals surface area contributed by atoms with E-state index in [2.05, 4.69) is 35.5 Å². The van der Waals surface area contributed by atoms with E-state index in [-0.39, 0.29) is 0 Å². The first-order valence-corrected chi connectivity index (χ1v) is 10.8. The molecule has 0 unspecified atom stereocenters. The van der Waals surface area contributed by atoms with Gasteiger partial charge in [-0.15, -0.1) is 0 Å². The van der Waals surface area contributed by atoms with E-state index in [0.717, 1.165) is 45.3 Å². The molecule has 8 heteroatoms. The average molecular weight is 433 g/mol. The van der Waals surface area contributed by atoms with Crippen LogP contribution >= 0.6 is 15.9 Å². The van der Waals surface area contributed by atoms with Gasteiger partial charge in [0.15, 0.2) is 0 Å². The minimum Gasteiger partial charge on any atom is -0.365 e. The maximum absolute atomic E-state index is 11.6. The second-order valence-electron chi connectivity index (χ2n) is 6.34. The normalized spacial score (nSPS) is 14.3. The standard InChI is InChI=1S/C18H17BrN4O2S/c1-26(24,25)22-15-4-2-3-12-11-23(8-6-14(12)15)17-5-7-20-16-9-13(19)10-21-18(16)17/h2-5,7,9-10,22H,6,8,11H2,1H3. The van der Waals surface area contributed by atoms with Crippen LogP contribution in [0.15, 0.2) is 47.2 Å². The van der Waals surface area contributed by atoms with Gasteiger partial charge >= 0.3 is 0 Å². The highest BCUT2D eigenvalue weighted by atomic mass is 79.9. The summed E-state index contributed by atoms with van der Waals surface area (Å²) >= 11 is 3.43. The molecule has 4 rings (SSSR count). The molecule has 1 N–H and O–H groups in total. The van der Waals surface area contributed by atoms with Crippen molar-refractivity contribution in [1.82, 2.24) is 9.97 Å². The molecular formula is C18H17BrN4O2S. The second kappa shape index (κ2) is 6.51. The zero-order chi connectivity index (χ0) is 18.3. The van der Waals surface area contributed by atoms with Crippen molar-refractivity contribution >= 4 is 48.4 Å². The second-order valence-corrected chi connectivity index (χ2v) is 9.00. The molecule has 1 aromatic carbocycles. The molecule has 0 bridgehead atoms. The van der Waals surface area contributed by atoms with Crippen LogP contribution in [0.4, 0.5) is 11.4 Å². The van der Waals surface area contributed by atoms with Gasteiger partial charge < -0.3 is 4.90 Å². The van der Waals surface area contributed by atoms with Crippen LogP contribution in [0.1, 0.15) is 11.1 Å². The summed E-state index contributed by atoms with van der Waals surface area (Å²) in [5.41, 5.74) is 5.59. The first-order chi connectivity index (χ1) is 12.4. The van der Waals surface area contributed by atoms with Crippen molar-refractivity contribution in [2.75, 3.05) is 22.4 Å². The van der Waals surface area contributed by atoms with Gasteiger partial charge in [-0.05, 0) is 51.7 Å². The number of nitrogens with zero attached hydrogens (tertiary/aromatic N) is 3. The lowest BCUT2D eigenvalue weighted by atomic mass is 9.97. The Morgan fingerprint density at radius 2 is 2.08 bits per heavy atom. The van der Waals surface area contributed by atoms with Crippen molar-refractivity contribution in [2.45, 2.75) is 13.0 Å². The Hall–Kier alpha value is -2.19. The highest BCUT2D eigenvalue weighted by Gasteiger charge is 2.22. The zero-order valence-corrected chi connectivity index (χ0v) is 16.5. The van der Waals surface area contributed by atoms with Crippen LogP contribution in [0, 0.1) is 0 Å². The molecular weight excluding hydrogens is 416 g/mol. The van der Waals surface area contributed by atoms with Crippen molar-refractivity contribution in [1.29, 1.82) is 0 Å². The van der Waals surface area contributed by atoms with E-state index in [4.69, 9.17) is 0 Å². The van der Waals surface area contributed by atoms with E-state index in [0.29, 0.717) is 12.2 Å². The number of aromatic nitrogens is 2. The minimum atomic E-state index is -3.30. The number of sulfonamides is 1. The van der Waals surface area contributed by atoms with Crippen LogP contribution in [0.2, 0.25) is 0 Å². The van der Waals surface area contributed by atoms with Gasteiger partial charge in [-0.25, -0.2) is 8.42 Å². The Morgan fingerprint density at radius 3 is 2.88 bits per heavy atom. The number of halogens is 1. The molecule has 0 radical (unpaired) electrons. The number of hydrogen-bond acceptors (Lipinski definition) is 5. The molecule has 6 nitrogen and oxygen atoms in total. The van der Waals surface area contributed by atoms with Gasteiger partial charge in [0, 0.05) is 30.0 Å². The Kier molecular flexibility index (Phi) is 4.32. The fourth-order valence-electron chi connectivity index (χ4n) is 3.36. The molecule has 0 saturated carbocycles. The van der Waals surface area contributed by atoms with Crippen LogP contribution < -0.4 is 9.62 Å². The smallest absolute Gasteiger partial charge is 0.229 e. The Bertz CT molecular complexity index is 1100. The molecule has 0 aliphatic carbocycles. The van der Waals surface area contributed by atoms with Gasteiger partial charge in [-0.3, -0.25) is 14.7 Å². The molecule has 26 heavy (non-hydrogen) atoms. The van der Waals surface area contributed by atoms with Crippen molar-refractivity contribution in [3.8, 4) is 0 Å². The first kappa shape index (κ1) is 17.2. The van der Waals surface area contributed by atoms with Gasteiger partial charge in [0.2, 0.25) is 10.0 Å². The van der Waals surface area contributed by atoms with E-state index in [1.165, 1.54) is 6.26 Å². The Labute approximate surface area is 160 Å². The fourth-order valence-corrected chi connectivity index (χ4v) is 4.27. The molecule has 0 saturated heterocycles. The van der Waals surface area contributed by atoms with Crippen molar-refractivity contribution in [2.24, 2.45) is 0 Å². The molecule has 3 aromatic rings. The topological polar surface area (TPSA) is 75.2 Å². The van der Waals surface area contributed by atoms with E-state index in [9.17, 15) is 8.42 Å². The maximum Gasteiger partial charge on any atom is 0.229 e. The third-order valence-corrected chi connectivity index (χ3v) is 5.45. The van der Waals surface area contributed by atoms with Gasteiger partial charge in [0.25, 0.3) is 0 Å². The predicted molar refractivity (Wildman–Crippen MR) is 107 cm³/mol. The summed E-state index contributed by atoms with van der Waals surface area (Å²) in [5.74, 6) is 0. The van der Waals surface area contributed by atoms with Crippen molar-refractivity contribution in [3.63, 3.8) is 0 Å². The summed E-state index contributed by atoms with van der Waals surface area (Å²) in [7, 11) is -3.30. The molecule has 134 valence electrons. The lowest BCUT2D eigenvalue weighted by Gasteiger charge is -2.32. The number of hydrogen-bond donors (Lipinski definition) is 1. The number of nitrogens with one attached hydrogen (secondary N) is 1. The summed E-state index contributed by atoms with van der Waals surface area (Å²) in [4.78, 5) is 11.2. The number of anilines is 2. The summed E-state index contributed by atoms with van der Waals surface area (Å²) in [5, 5.41) is 0. The monoisotopic (exact) mass is 432 g/mol. The van der Waals surface area contributed by atoms with Gasteiger partial charge in [0.05, 0.1) is 23.1 Å². The van der Waals surface area contributed by atoms with Crippen LogP contribution in [0.25, 0.3) is 11.0 Å². The summed E-state index contributed by atoms with van der Waals surface area (Å²) < 4.78 is 26.7. The lowest BCUT2D eigenvalue weighted by Crippen LogP contribution is -2.31. The third kappa shape index (κ3) is 3.39. The Balaban J connectivity index is 1.71. The SMILES string of the molecule is CS(=O)(=O)Nc1cccc2c1CCN(c1ccnc3cc(Br)cnc13)C2. The van der Waals surface area contributed by atoms with Crippen molar-refractivity contribution < 1.29 is 8.42 Å². The predicted octanol–water partition coefficient (Wildman–Crippen LogP) is 3.33. The summed E-state index contributed by atoms with van der Waals surface area (Å²) in [6, 6.07) is 9.68. The molecule has 2 aromatic heterocycles. The molecule has 0 amide bonds. The maximum atomic E-state index is 11.6. The highest BCUT2D eigenvalue weighted by Crippen LogP contribution is 2.32. The quantitative estimate of drug-likeness (QED) is 0.686. The highest BCUT2D eigenvalue weighted by molar-refractivity contribution is 9.10. The number of rotatable bonds is 3. The fraction of sp³-hybridized carbons (Fsp3) is 0.222. The average Bonchev–Trinajstić information content (AvgIpc) is 2.59. The molecule has 3 heterocycles.